The normalized spacial score (nSPS) is 10.8. The summed E-state index contributed by atoms with van der Waals surface area (Å²) in [6, 6.07) is 10.4. The standard InChI is InChI=1S/C19H21N3OS2/c1-14-6-7-16(11-15(14)2)22-9-8-20-19(22)25-13-18(23)21(3)12-17-5-4-10-24-17/h4-11H,12-13H2,1-3H3. The third kappa shape index (κ3) is 4.32. The Morgan fingerprint density at radius 2 is 2.12 bits per heavy atom. The highest BCUT2D eigenvalue weighted by Gasteiger charge is 2.13. The van der Waals surface area contributed by atoms with Crippen molar-refractivity contribution in [2.24, 2.45) is 0 Å². The number of hydrogen-bond donors (Lipinski definition) is 0. The first-order valence-electron chi connectivity index (χ1n) is 8.04. The molecular weight excluding hydrogens is 350 g/mol. The Hall–Kier alpha value is -2.05. The number of amides is 1. The first-order valence-corrected chi connectivity index (χ1v) is 9.91. The number of rotatable bonds is 6. The van der Waals surface area contributed by atoms with Crippen LogP contribution in [0.3, 0.4) is 0 Å². The Kier molecular flexibility index (Phi) is 5.60. The summed E-state index contributed by atoms with van der Waals surface area (Å²) in [5.74, 6) is 0.483. The lowest BCUT2D eigenvalue weighted by molar-refractivity contribution is -0.127. The van der Waals surface area contributed by atoms with Crippen LogP contribution in [0.4, 0.5) is 0 Å². The largest absolute Gasteiger partial charge is 0.340 e. The quantitative estimate of drug-likeness (QED) is 0.606. The summed E-state index contributed by atoms with van der Waals surface area (Å²) in [7, 11) is 1.85. The van der Waals surface area contributed by atoms with Crippen LogP contribution in [-0.2, 0) is 11.3 Å². The lowest BCUT2D eigenvalue weighted by atomic mass is 10.1. The van der Waals surface area contributed by atoms with E-state index in [-0.39, 0.29) is 5.91 Å². The summed E-state index contributed by atoms with van der Waals surface area (Å²) in [6.07, 6.45) is 3.71. The minimum atomic E-state index is 0.105. The first-order chi connectivity index (χ1) is 12.0. The number of imidazole rings is 1. The fourth-order valence-electron chi connectivity index (χ4n) is 2.43. The van der Waals surface area contributed by atoms with Crippen LogP contribution in [0.15, 0.2) is 53.3 Å². The molecule has 2 aromatic heterocycles. The van der Waals surface area contributed by atoms with E-state index in [4.69, 9.17) is 0 Å². The monoisotopic (exact) mass is 371 g/mol. The zero-order valence-corrected chi connectivity index (χ0v) is 16.2. The molecule has 25 heavy (non-hydrogen) atoms. The lowest BCUT2D eigenvalue weighted by Gasteiger charge is -2.16. The van der Waals surface area contributed by atoms with Gasteiger partial charge in [0.15, 0.2) is 5.16 Å². The van der Waals surface area contributed by atoms with Crippen LogP contribution in [0.25, 0.3) is 5.69 Å². The highest BCUT2D eigenvalue weighted by Crippen LogP contribution is 2.22. The van der Waals surface area contributed by atoms with Gasteiger partial charge in [-0.05, 0) is 48.6 Å². The van der Waals surface area contributed by atoms with E-state index < -0.39 is 0 Å². The van der Waals surface area contributed by atoms with Gasteiger partial charge in [0.2, 0.25) is 5.91 Å². The van der Waals surface area contributed by atoms with Gasteiger partial charge in [-0.2, -0.15) is 0 Å². The van der Waals surface area contributed by atoms with Gasteiger partial charge in [-0.3, -0.25) is 9.36 Å². The number of thiophene rings is 1. The molecular formula is C19H21N3OS2. The van der Waals surface area contributed by atoms with Crippen LogP contribution in [0.5, 0.6) is 0 Å². The predicted octanol–water partition coefficient (Wildman–Crippen LogP) is 4.30. The van der Waals surface area contributed by atoms with Gasteiger partial charge in [-0.1, -0.05) is 23.9 Å². The van der Waals surface area contributed by atoms with Crippen molar-refractivity contribution in [1.82, 2.24) is 14.5 Å². The Morgan fingerprint density at radius 3 is 2.84 bits per heavy atom. The molecule has 0 fully saturated rings. The van der Waals surface area contributed by atoms with E-state index in [2.05, 4.69) is 37.0 Å². The van der Waals surface area contributed by atoms with Crippen molar-refractivity contribution in [2.45, 2.75) is 25.5 Å². The number of carbonyl (C=O) groups excluding carboxylic acids is 1. The third-order valence-electron chi connectivity index (χ3n) is 4.10. The molecule has 0 saturated heterocycles. The molecule has 0 aliphatic rings. The molecule has 0 saturated carbocycles. The summed E-state index contributed by atoms with van der Waals surface area (Å²) < 4.78 is 2.03. The van der Waals surface area contributed by atoms with Crippen LogP contribution in [0.1, 0.15) is 16.0 Å². The number of carbonyl (C=O) groups is 1. The second-order valence-electron chi connectivity index (χ2n) is 5.97. The van der Waals surface area contributed by atoms with Gasteiger partial charge in [0, 0.05) is 30.0 Å². The number of nitrogens with zero attached hydrogens (tertiary/aromatic N) is 3. The van der Waals surface area contributed by atoms with Gasteiger partial charge >= 0.3 is 0 Å². The summed E-state index contributed by atoms with van der Waals surface area (Å²) in [6.45, 7) is 4.86. The van der Waals surface area contributed by atoms with Crippen molar-refractivity contribution in [2.75, 3.05) is 12.8 Å². The Labute approximate surface area is 156 Å². The molecule has 0 spiro atoms. The van der Waals surface area contributed by atoms with E-state index in [1.54, 1.807) is 22.4 Å². The fourth-order valence-corrected chi connectivity index (χ4v) is 4.10. The zero-order chi connectivity index (χ0) is 17.8. The number of hydrogen-bond acceptors (Lipinski definition) is 4. The van der Waals surface area contributed by atoms with Crippen LogP contribution in [0.2, 0.25) is 0 Å². The molecule has 0 aliphatic carbocycles. The van der Waals surface area contributed by atoms with Crippen LogP contribution >= 0.6 is 23.1 Å². The predicted molar refractivity (Wildman–Crippen MR) is 105 cm³/mol. The molecule has 2 heterocycles. The highest BCUT2D eigenvalue weighted by atomic mass is 32.2. The zero-order valence-electron chi connectivity index (χ0n) is 14.6. The van der Waals surface area contributed by atoms with E-state index in [1.807, 2.05) is 35.3 Å². The third-order valence-corrected chi connectivity index (χ3v) is 5.91. The van der Waals surface area contributed by atoms with Crippen molar-refractivity contribution in [3.8, 4) is 5.69 Å². The summed E-state index contributed by atoms with van der Waals surface area (Å²) in [5.41, 5.74) is 3.58. The van der Waals surface area contributed by atoms with E-state index in [1.165, 1.54) is 27.8 Å². The molecule has 1 amide bonds. The molecule has 4 nitrogen and oxygen atoms in total. The molecule has 1 aromatic carbocycles. The summed E-state index contributed by atoms with van der Waals surface area (Å²) >= 11 is 3.14. The van der Waals surface area contributed by atoms with Gasteiger partial charge in [0.25, 0.3) is 0 Å². The Balaban J connectivity index is 1.65. The van der Waals surface area contributed by atoms with Crippen molar-refractivity contribution in [1.29, 1.82) is 0 Å². The second kappa shape index (κ2) is 7.89. The van der Waals surface area contributed by atoms with Crippen molar-refractivity contribution in [3.05, 3.63) is 64.1 Å². The molecule has 3 rings (SSSR count). The number of aryl methyl sites for hydroxylation is 2. The molecule has 0 radical (unpaired) electrons. The maximum atomic E-state index is 12.4. The van der Waals surface area contributed by atoms with Gasteiger partial charge in [0.1, 0.15) is 0 Å². The summed E-state index contributed by atoms with van der Waals surface area (Å²) in [4.78, 5) is 19.8. The van der Waals surface area contributed by atoms with Gasteiger partial charge in [0.05, 0.1) is 12.3 Å². The molecule has 0 bridgehead atoms. The number of benzene rings is 1. The summed E-state index contributed by atoms with van der Waals surface area (Å²) in [5, 5.41) is 2.86. The second-order valence-corrected chi connectivity index (χ2v) is 7.94. The molecule has 6 heteroatoms. The topological polar surface area (TPSA) is 38.1 Å². The highest BCUT2D eigenvalue weighted by molar-refractivity contribution is 7.99. The van der Waals surface area contributed by atoms with E-state index in [0.717, 1.165) is 10.8 Å². The number of thioether (sulfide) groups is 1. The van der Waals surface area contributed by atoms with E-state index in [9.17, 15) is 4.79 Å². The average molecular weight is 372 g/mol. The fraction of sp³-hybridized carbons (Fsp3) is 0.263. The minimum absolute atomic E-state index is 0.105. The van der Waals surface area contributed by atoms with Gasteiger partial charge in [-0.25, -0.2) is 4.98 Å². The van der Waals surface area contributed by atoms with Crippen LogP contribution in [0, 0.1) is 13.8 Å². The van der Waals surface area contributed by atoms with Gasteiger partial charge < -0.3 is 4.90 Å². The van der Waals surface area contributed by atoms with Crippen molar-refractivity contribution >= 4 is 29.0 Å². The molecule has 130 valence electrons. The molecule has 0 N–H and O–H groups in total. The molecule has 3 aromatic rings. The average Bonchev–Trinajstić information content (AvgIpc) is 3.26. The number of aromatic nitrogens is 2. The molecule has 0 aliphatic heterocycles. The maximum absolute atomic E-state index is 12.4. The van der Waals surface area contributed by atoms with Crippen LogP contribution < -0.4 is 0 Å². The lowest BCUT2D eigenvalue weighted by Crippen LogP contribution is -2.27. The minimum Gasteiger partial charge on any atom is -0.340 e. The van der Waals surface area contributed by atoms with Crippen molar-refractivity contribution < 1.29 is 4.79 Å². The van der Waals surface area contributed by atoms with Crippen molar-refractivity contribution in [3.63, 3.8) is 0 Å². The maximum Gasteiger partial charge on any atom is 0.233 e. The smallest absolute Gasteiger partial charge is 0.233 e. The Morgan fingerprint density at radius 1 is 1.28 bits per heavy atom. The Bertz CT molecular complexity index is 855. The van der Waals surface area contributed by atoms with E-state index >= 15 is 0 Å². The SMILES string of the molecule is Cc1ccc(-n2ccnc2SCC(=O)N(C)Cc2cccs2)cc1C. The first kappa shape index (κ1) is 17.8. The molecule has 0 atom stereocenters. The van der Waals surface area contributed by atoms with Gasteiger partial charge in [-0.15, -0.1) is 11.3 Å². The van der Waals surface area contributed by atoms with E-state index in [0.29, 0.717) is 12.3 Å². The molecule has 0 unspecified atom stereocenters. The van der Waals surface area contributed by atoms with Crippen LogP contribution in [-0.4, -0.2) is 33.2 Å².